The minimum absolute atomic E-state index is 0.0838. The third kappa shape index (κ3) is 7.14. The van der Waals surface area contributed by atoms with Crippen molar-refractivity contribution in [3.8, 4) is 5.75 Å². The summed E-state index contributed by atoms with van der Waals surface area (Å²) in [6, 6.07) is 7.28. The lowest BCUT2D eigenvalue weighted by atomic mass is 10.0. The van der Waals surface area contributed by atoms with Crippen molar-refractivity contribution in [2.45, 2.75) is 64.3 Å². The maximum absolute atomic E-state index is 15.4. The van der Waals surface area contributed by atoms with Crippen LogP contribution in [0.15, 0.2) is 55.0 Å². The summed E-state index contributed by atoms with van der Waals surface area (Å²) in [6.45, 7) is 9.65. The molecule has 0 unspecified atom stereocenters. The summed E-state index contributed by atoms with van der Waals surface area (Å²) in [5, 5.41) is 5.08. The Morgan fingerprint density at radius 2 is 2.06 bits per heavy atom. The minimum Gasteiger partial charge on any atom is -0.462 e. The lowest BCUT2D eigenvalue weighted by Crippen LogP contribution is -2.48. The third-order valence-corrected chi connectivity index (χ3v) is 6.78. The van der Waals surface area contributed by atoms with Gasteiger partial charge in [0.05, 0.1) is 18.8 Å². The van der Waals surface area contributed by atoms with Gasteiger partial charge >= 0.3 is 13.7 Å². The Hall–Kier alpha value is -2.72. The second-order valence-corrected chi connectivity index (χ2v) is 10.5. The summed E-state index contributed by atoms with van der Waals surface area (Å²) in [5.74, 6) is -0.588. The standard InChI is InChI=1S/C23H31FN3O7P/c1-15(2)32-21(29)16(3)26-35(30,34-18-9-7-6-8-10-18)31-14-19-13-23(5,24)22(33-19)27-12-11-20(28)25-17(27)4/h6-12,15-16,19,22H,4,13-14H2,1-3,5H3,(H,25,28)(H,26,30)/t16-,19+,22-,23-,35+/m1/s1. The fourth-order valence-corrected chi connectivity index (χ4v) is 5.12. The third-order valence-electron chi connectivity index (χ3n) is 5.14. The van der Waals surface area contributed by atoms with Crippen molar-refractivity contribution >= 4 is 19.6 Å². The summed E-state index contributed by atoms with van der Waals surface area (Å²) in [5.41, 5.74) is -1.84. The van der Waals surface area contributed by atoms with E-state index in [-0.39, 0.29) is 36.6 Å². The Morgan fingerprint density at radius 1 is 1.37 bits per heavy atom. The summed E-state index contributed by atoms with van der Waals surface area (Å²) in [6.07, 6.45) is 0.279. The quantitative estimate of drug-likeness (QED) is 0.360. The molecule has 0 aromatic heterocycles. The number of halogens is 1. The zero-order valence-corrected chi connectivity index (χ0v) is 21.0. The van der Waals surface area contributed by atoms with Crippen LogP contribution in [0.4, 0.5) is 4.39 Å². The molecule has 10 nitrogen and oxygen atoms in total. The maximum atomic E-state index is 15.4. The highest BCUT2D eigenvalue weighted by atomic mass is 31.2. The van der Waals surface area contributed by atoms with Gasteiger partial charge in [0.1, 0.15) is 17.6 Å². The van der Waals surface area contributed by atoms with Crippen molar-refractivity contribution in [1.29, 1.82) is 0 Å². The number of para-hydroxylation sites is 1. The molecule has 1 saturated heterocycles. The van der Waals surface area contributed by atoms with E-state index in [2.05, 4.69) is 17.0 Å². The number of nitrogens with one attached hydrogen (secondary N) is 2. The van der Waals surface area contributed by atoms with Crippen LogP contribution in [0, 0.1) is 0 Å². The molecule has 2 aliphatic rings. The van der Waals surface area contributed by atoms with Crippen molar-refractivity contribution < 1.29 is 37.1 Å². The van der Waals surface area contributed by atoms with Gasteiger partial charge in [0, 0.05) is 18.7 Å². The van der Waals surface area contributed by atoms with Gasteiger partial charge in [-0.05, 0) is 39.8 Å². The number of amides is 1. The number of alkyl halides is 1. The number of rotatable bonds is 10. The van der Waals surface area contributed by atoms with Gasteiger partial charge in [0.15, 0.2) is 11.9 Å². The Labute approximate surface area is 204 Å². The predicted octanol–water partition coefficient (Wildman–Crippen LogP) is 3.38. The van der Waals surface area contributed by atoms with Crippen LogP contribution in [-0.2, 0) is 28.2 Å². The Morgan fingerprint density at radius 3 is 2.69 bits per heavy atom. The Kier molecular flexibility index (Phi) is 8.38. The van der Waals surface area contributed by atoms with Gasteiger partial charge in [-0.3, -0.25) is 14.1 Å². The number of esters is 1. The molecule has 192 valence electrons. The first kappa shape index (κ1) is 26.9. The first-order chi connectivity index (χ1) is 16.4. The molecule has 0 spiro atoms. The highest BCUT2D eigenvalue weighted by Gasteiger charge is 2.50. The molecular formula is C23H31FN3O7P. The van der Waals surface area contributed by atoms with Gasteiger partial charge in [-0.1, -0.05) is 24.8 Å². The van der Waals surface area contributed by atoms with E-state index >= 15 is 4.39 Å². The van der Waals surface area contributed by atoms with Crippen LogP contribution in [0.5, 0.6) is 5.75 Å². The molecule has 0 bridgehead atoms. The molecule has 35 heavy (non-hydrogen) atoms. The van der Waals surface area contributed by atoms with Gasteiger partial charge < -0.3 is 24.2 Å². The molecule has 0 radical (unpaired) electrons. The molecule has 0 saturated carbocycles. The first-order valence-corrected chi connectivity index (χ1v) is 12.7. The molecule has 12 heteroatoms. The second-order valence-electron chi connectivity index (χ2n) is 8.79. The van der Waals surface area contributed by atoms with E-state index in [0.29, 0.717) is 0 Å². The van der Waals surface area contributed by atoms with E-state index in [0.717, 1.165) is 0 Å². The highest BCUT2D eigenvalue weighted by molar-refractivity contribution is 7.52. The molecule has 0 aliphatic carbocycles. The summed E-state index contributed by atoms with van der Waals surface area (Å²) < 4.78 is 51.2. The normalized spacial score (nSPS) is 26.9. The first-order valence-electron chi connectivity index (χ1n) is 11.2. The van der Waals surface area contributed by atoms with Crippen LogP contribution in [0.2, 0.25) is 0 Å². The topological polar surface area (TPSA) is 115 Å². The van der Waals surface area contributed by atoms with Crippen molar-refractivity contribution in [3.63, 3.8) is 0 Å². The molecule has 1 aromatic carbocycles. The molecule has 1 amide bonds. The van der Waals surface area contributed by atoms with Crippen LogP contribution < -0.4 is 14.9 Å². The maximum Gasteiger partial charge on any atom is 0.459 e. The minimum atomic E-state index is -4.12. The zero-order valence-electron chi connectivity index (χ0n) is 20.1. The summed E-state index contributed by atoms with van der Waals surface area (Å²) in [7, 11) is -4.12. The van der Waals surface area contributed by atoms with Gasteiger partial charge in [-0.2, -0.15) is 5.09 Å². The molecular weight excluding hydrogens is 480 g/mol. The molecule has 5 atom stereocenters. The molecule has 1 aromatic rings. The average Bonchev–Trinajstić information content (AvgIpc) is 3.06. The van der Waals surface area contributed by atoms with Crippen molar-refractivity contribution in [1.82, 2.24) is 15.3 Å². The molecule has 1 fully saturated rings. The number of carbonyl (C=O) groups is 2. The number of nitrogens with zero attached hydrogens (tertiary/aromatic N) is 1. The van der Waals surface area contributed by atoms with Crippen molar-refractivity contribution in [2.24, 2.45) is 0 Å². The number of hydrogen-bond donors (Lipinski definition) is 2. The van der Waals surface area contributed by atoms with E-state index < -0.39 is 37.8 Å². The SMILES string of the molecule is C=C1NC(=O)C=CN1[C@@H]1O[C@H](CO[P@@](=O)(N[C@H](C)C(=O)OC(C)C)Oc2ccccc2)C[C@@]1(C)F. The van der Waals surface area contributed by atoms with Crippen LogP contribution in [0.25, 0.3) is 0 Å². The fourth-order valence-electron chi connectivity index (χ4n) is 3.59. The smallest absolute Gasteiger partial charge is 0.459 e. The van der Waals surface area contributed by atoms with Gasteiger partial charge in [-0.15, -0.1) is 0 Å². The van der Waals surface area contributed by atoms with E-state index in [1.807, 2.05) is 0 Å². The summed E-state index contributed by atoms with van der Waals surface area (Å²) >= 11 is 0. The van der Waals surface area contributed by atoms with Crippen LogP contribution in [0.1, 0.15) is 34.1 Å². The fraction of sp³-hybridized carbons (Fsp3) is 0.478. The van der Waals surface area contributed by atoms with Gasteiger partial charge in [0.25, 0.3) is 5.91 Å². The number of benzene rings is 1. The Balaban J connectivity index is 1.71. The largest absolute Gasteiger partial charge is 0.462 e. The Bertz CT molecular complexity index is 1020. The van der Waals surface area contributed by atoms with E-state index in [1.165, 1.54) is 31.0 Å². The van der Waals surface area contributed by atoms with E-state index in [9.17, 15) is 14.2 Å². The summed E-state index contributed by atoms with van der Waals surface area (Å²) in [4.78, 5) is 25.1. The lowest BCUT2D eigenvalue weighted by molar-refractivity contribution is -0.149. The second kappa shape index (κ2) is 10.9. The number of carbonyl (C=O) groups excluding carboxylic acids is 2. The van der Waals surface area contributed by atoms with Crippen molar-refractivity contribution in [3.05, 3.63) is 55.0 Å². The lowest BCUT2D eigenvalue weighted by Gasteiger charge is -2.35. The monoisotopic (exact) mass is 511 g/mol. The number of ether oxygens (including phenoxy) is 2. The number of hydrogen-bond acceptors (Lipinski definition) is 8. The predicted molar refractivity (Wildman–Crippen MR) is 126 cm³/mol. The molecule has 2 N–H and O–H groups in total. The van der Waals surface area contributed by atoms with E-state index in [1.54, 1.807) is 44.2 Å². The zero-order chi connectivity index (χ0) is 25.8. The molecule has 2 aliphatic heterocycles. The van der Waals surface area contributed by atoms with E-state index in [4.69, 9.17) is 18.5 Å². The van der Waals surface area contributed by atoms with Crippen LogP contribution in [-0.4, -0.2) is 53.5 Å². The van der Waals surface area contributed by atoms with Gasteiger partial charge in [0.2, 0.25) is 0 Å². The highest BCUT2D eigenvalue weighted by Crippen LogP contribution is 2.46. The molecule has 3 rings (SSSR count). The molecule has 2 heterocycles. The van der Waals surface area contributed by atoms with Crippen molar-refractivity contribution in [2.75, 3.05) is 6.61 Å². The van der Waals surface area contributed by atoms with Crippen LogP contribution >= 0.6 is 7.75 Å². The average molecular weight is 511 g/mol. The van der Waals surface area contributed by atoms with Crippen LogP contribution in [0.3, 0.4) is 0 Å². The van der Waals surface area contributed by atoms with Gasteiger partial charge in [-0.25, -0.2) is 8.96 Å².